The second-order valence-electron chi connectivity index (χ2n) is 7.79. The first-order valence-electron chi connectivity index (χ1n) is 9.72. The summed E-state index contributed by atoms with van der Waals surface area (Å²) in [5.74, 6) is -0.217. The fourth-order valence-electron chi connectivity index (χ4n) is 2.53. The Morgan fingerprint density at radius 3 is 2.41 bits per heavy atom. The molecule has 0 aromatic heterocycles. The van der Waals surface area contributed by atoms with E-state index in [1.807, 2.05) is 13.8 Å². The number of aliphatic hydroxyl groups excluding tert-OH is 2. The van der Waals surface area contributed by atoms with Crippen LogP contribution in [0.2, 0.25) is 0 Å². The van der Waals surface area contributed by atoms with Crippen molar-refractivity contribution in [3.63, 3.8) is 0 Å². The van der Waals surface area contributed by atoms with Gasteiger partial charge >= 0.3 is 5.97 Å². The van der Waals surface area contributed by atoms with Gasteiger partial charge in [-0.2, -0.15) is 0 Å². The first-order valence-corrected chi connectivity index (χ1v) is 9.72. The van der Waals surface area contributed by atoms with Crippen molar-refractivity contribution in [3.8, 4) is 0 Å². The number of aliphatic hydroxyl groups is 3. The van der Waals surface area contributed by atoms with Crippen LogP contribution in [0, 0.1) is 5.92 Å². The molecule has 0 rings (SSSR count). The normalized spacial score (nSPS) is 15.9. The average molecular weight is 383 g/mol. The van der Waals surface area contributed by atoms with E-state index in [1.54, 1.807) is 32.1 Å². The van der Waals surface area contributed by atoms with Crippen molar-refractivity contribution >= 4 is 5.97 Å². The van der Waals surface area contributed by atoms with E-state index in [9.17, 15) is 15.0 Å². The van der Waals surface area contributed by atoms with Crippen LogP contribution in [0.3, 0.4) is 0 Å². The Hall–Kier alpha value is -1.43. The molecule has 0 aliphatic rings. The van der Waals surface area contributed by atoms with Gasteiger partial charge in [-0.15, -0.1) is 0 Å². The summed E-state index contributed by atoms with van der Waals surface area (Å²) in [5.41, 5.74) is 1.29. The van der Waals surface area contributed by atoms with Crippen LogP contribution >= 0.6 is 0 Å². The molecule has 0 aliphatic heterocycles. The number of ether oxygens (including phenoxy) is 1. The highest BCUT2D eigenvalue weighted by Gasteiger charge is 2.14. The Morgan fingerprint density at radius 2 is 1.85 bits per heavy atom. The zero-order valence-corrected chi connectivity index (χ0v) is 17.6. The highest BCUT2D eigenvalue weighted by atomic mass is 16.5. The Bertz CT molecular complexity index is 511. The second kappa shape index (κ2) is 13.7. The van der Waals surface area contributed by atoms with Gasteiger partial charge < -0.3 is 20.1 Å². The van der Waals surface area contributed by atoms with E-state index in [4.69, 9.17) is 9.84 Å². The summed E-state index contributed by atoms with van der Waals surface area (Å²) in [7, 11) is 0. The van der Waals surface area contributed by atoms with Gasteiger partial charge in [-0.05, 0) is 64.4 Å². The summed E-state index contributed by atoms with van der Waals surface area (Å²) in [4.78, 5) is 11.1. The minimum atomic E-state index is -0.927. The summed E-state index contributed by atoms with van der Waals surface area (Å²) in [6.07, 6.45) is 10.8. The Labute approximate surface area is 164 Å². The molecule has 0 saturated carbocycles. The molecule has 0 heterocycles. The van der Waals surface area contributed by atoms with Crippen LogP contribution in [0.5, 0.6) is 0 Å². The molecular formula is C22H38O5. The van der Waals surface area contributed by atoms with E-state index >= 15 is 0 Å². The van der Waals surface area contributed by atoms with Crippen molar-refractivity contribution in [2.24, 2.45) is 5.92 Å². The summed E-state index contributed by atoms with van der Waals surface area (Å²) >= 11 is 0. The molecule has 0 saturated heterocycles. The zero-order chi connectivity index (χ0) is 20.9. The van der Waals surface area contributed by atoms with Crippen molar-refractivity contribution in [2.75, 3.05) is 13.2 Å². The van der Waals surface area contributed by atoms with E-state index in [2.05, 4.69) is 6.08 Å². The van der Waals surface area contributed by atoms with Crippen LogP contribution in [-0.4, -0.2) is 46.2 Å². The number of hydrogen-bond acceptors (Lipinski definition) is 5. The molecule has 0 fully saturated rings. The zero-order valence-electron chi connectivity index (χ0n) is 17.6. The third-order valence-corrected chi connectivity index (χ3v) is 4.31. The number of esters is 1. The average Bonchev–Trinajstić information content (AvgIpc) is 2.56. The molecular weight excluding hydrogens is 344 g/mol. The first kappa shape index (κ1) is 25.6. The van der Waals surface area contributed by atoms with Crippen molar-refractivity contribution in [2.45, 2.75) is 78.4 Å². The predicted molar refractivity (Wildman–Crippen MR) is 109 cm³/mol. The molecule has 0 bridgehead atoms. The van der Waals surface area contributed by atoms with Crippen LogP contribution < -0.4 is 0 Å². The van der Waals surface area contributed by atoms with Crippen molar-refractivity contribution in [1.29, 1.82) is 0 Å². The molecule has 0 radical (unpaired) electrons. The van der Waals surface area contributed by atoms with Crippen LogP contribution in [0.25, 0.3) is 0 Å². The molecule has 3 N–H and O–H groups in total. The van der Waals surface area contributed by atoms with Gasteiger partial charge in [-0.1, -0.05) is 36.8 Å². The molecule has 2 atom stereocenters. The quantitative estimate of drug-likeness (QED) is 0.334. The lowest BCUT2D eigenvalue weighted by Gasteiger charge is -2.18. The van der Waals surface area contributed by atoms with E-state index in [0.29, 0.717) is 6.61 Å². The fraction of sp³-hybridized carbons (Fsp3) is 0.682. The van der Waals surface area contributed by atoms with E-state index in [0.717, 1.165) is 43.3 Å². The molecule has 0 spiro atoms. The van der Waals surface area contributed by atoms with Gasteiger partial charge in [-0.3, -0.25) is 4.79 Å². The topological polar surface area (TPSA) is 87.0 Å². The first-order chi connectivity index (χ1) is 12.5. The van der Waals surface area contributed by atoms with Gasteiger partial charge in [-0.25, -0.2) is 0 Å². The van der Waals surface area contributed by atoms with Crippen molar-refractivity contribution in [1.82, 2.24) is 0 Å². The van der Waals surface area contributed by atoms with Gasteiger partial charge in [0.25, 0.3) is 0 Å². The monoisotopic (exact) mass is 382 g/mol. The largest absolute Gasteiger partial charge is 0.461 e. The second-order valence-corrected chi connectivity index (χ2v) is 7.79. The molecule has 0 aromatic carbocycles. The third kappa shape index (κ3) is 15.3. The highest BCUT2D eigenvalue weighted by Crippen LogP contribution is 2.19. The maximum atomic E-state index is 11.1. The SMILES string of the molecule is CC(=O)OC/C(=C\CC/C(C)=C/CO)CCCC(C)[C@H](O)/C=C/C(C)(C)O. The molecule has 0 aromatic rings. The number of allylic oxidation sites excluding steroid dienone is 2. The van der Waals surface area contributed by atoms with Gasteiger partial charge in [0.2, 0.25) is 0 Å². The van der Waals surface area contributed by atoms with Crippen molar-refractivity contribution < 1.29 is 24.9 Å². The van der Waals surface area contributed by atoms with E-state index < -0.39 is 11.7 Å². The van der Waals surface area contributed by atoms with Crippen LogP contribution in [0.1, 0.15) is 66.7 Å². The maximum Gasteiger partial charge on any atom is 0.302 e. The molecule has 27 heavy (non-hydrogen) atoms. The van der Waals surface area contributed by atoms with Crippen LogP contribution in [-0.2, 0) is 9.53 Å². The lowest BCUT2D eigenvalue weighted by Crippen LogP contribution is -2.19. The number of carbonyl (C=O) groups excluding carboxylic acids is 1. The minimum Gasteiger partial charge on any atom is -0.461 e. The van der Waals surface area contributed by atoms with Gasteiger partial charge in [0.1, 0.15) is 6.61 Å². The van der Waals surface area contributed by atoms with Gasteiger partial charge in [0.15, 0.2) is 0 Å². The summed E-state index contributed by atoms with van der Waals surface area (Å²) in [6.45, 7) is 9.07. The lowest BCUT2D eigenvalue weighted by molar-refractivity contribution is -0.140. The van der Waals surface area contributed by atoms with Crippen LogP contribution in [0.4, 0.5) is 0 Å². The summed E-state index contributed by atoms with van der Waals surface area (Å²) < 4.78 is 5.14. The molecule has 0 amide bonds. The maximum absolute atomic E-state index is 11.1. The molecule has 5 heteroatoms. The Balaban J connectivity index is 4.55. The molecule has 0 aliphatic carbocycles. The van der Waals surface area contributed by atoms with Crippen LogP contribution in [0.15, 0.2) is 35.5 Å². The highest BCUT2D eigenvalue weighted by molar-refractivity contribution is 5.66. The third-order valence-electron chi connectivity index (χ3n) is 4.31. The fourth-order valence-corrected chi connectivity index (χ4v) is 2.53. The van der Waals surface area contributed by atoms with Gasteiger partial charge in [0.05, 0.1) is 18.3 Å². The summed E-state index contributed by atoms with van der Waals surface area (Å²) in [5, 5.41) is 28.8. The van der Waals surface area contributed by atoms with Crippen molar-refractivity contribution in [3.05, 3.63) is 35.5 Å². The van der Waals surface area contributed by atoms with Gasteiger partial charge in [0, 0.05) is 6.92 Å². The number of carbonyl (C=O) groups is 1. The smallest absolute Gasteiger partial charge is 0.302 e. The Morgan fingerprint density at radius 1 is 1.19 bits per heavy atom. The minimum absolute atomic E-state index is 0.0535. The molecule has 1 unspecified atom stereocenters. The summed E-state index contributed by atoms with van der Waals surface area (Å²) in [6, 6.07) is 0. The van der Waals surface area contributed by atoms with E-state index in [-0.39, 0.29) is 18.5 Å². The molecule has 156 valence electrons. The number of rotatable bonds is 13. The lowest BCUT2D eigenvalue weighted by atomic mass is 9.94. The van der Waals surface area contributed by atoms with E-state index in [1.165, 1.54) is 6.92 Å². The molecule has 5 nitrogen and oxygen atoms in total. The predicted octanol–water partition coefficient (Wildman–Crippen LogP) is 3.69. The standard InChI is InChI=1S/C22H38O5/c1-17(13-15-23)8-6-10-20(16-27-19(3)24)11-7-9-18(2)21(25)12-14-22(4,5)26/h10,12-14,18,21,23,25-26H,6-9,11,15-16H2,1-5H3/b14-12+,17-13+,20-10-/t18?,21-/m1/s1. The Kier molecular flexibility index (Phi) is 13.0. The number of hydrogen-bond donors (Lipinski definition) is 3.